The van der Waals surface area contributed by atoms with Crippen molar-refractivity contribution in [2.45, 2.75) is 102 Å². The molecule has 2 aliphatic rings. The molecule has 2 aromatic rings. The second kappa shape index (κ2) is 13.9. The third kappa shape index (κ3) is 6.80. The molecule has 1 aliphatic carbocycles. The molecule has 0 aromatic carbocycles. The maximum Gasteiger partial charge on any atom is 0.323 e. The van der Waals surface area contributed by atoms with E-state index in [0.717, 1.165) is 32.1 Å². The Hall–Kier alpha value is -3.80. The first-order valence-corrected chi connectivity index (χ1v) is 15.1. The van der Waals surface area contributed by atoms with Gasteiger partial charge in [0, 0.05) is 6.42 Å². The van der Waals surface area contributed by atoms with Gasteiger partial charge in [0.1, 0.15) is 42.7 Å². The zero-order valence-electron chi connectivity index (χ0n) is 25.7. The van der Waals surface area contributed by atoms with Crippen molar-refractivity contribution in [1.29, 1.82) is 5.26 Å². The largest absolute Gasteiger partial charge is 0.463 e. The Bertz CT molecular complexity index is 1380. The molecule has 3 heterocycles. The van der Waals surface area contributed by atoms with E-state index in [1.165, 1.54) is 16.9 Å². The van der Waals surface area contributed by atoms with Crippen LogP contribution in [0, 0.1) is 29.1 Å². The molecule has 14 heteroatoms. The average molecular weight is 614 g/mol. The molecule has 6 N–H and O–H groups in total. The number of fused-ring (bicyclic) bond motifs is 1. The third-order valence-electron chi connectivity index (χ3n) is 8.50. The lowest BCUT2D eigenvalue weighted by molar-refractivity contribution is -0.172. The summed E-state index contributed by atoms with van der Waals surface area (Å²) in [6.45, 7) is 6.59. The molecule has 2 aromatic heterocycles. The third-order valence-corrected chi connectivity index (χ3v) is 8.50. The number of anilines is 1. The highest BCUT2D eigenvalue weighted by molar-refractivity contribution is 5.77. The van der Waals surface area contributed by atoms with Crippen LogP contribution < -0.4 is 17.2 Å². The van der Waals surface area contributed by atoms with E-state index in [0.29, 0.717) is 5.52 Å². The number of hydrogen-bond donors (Lipinski definition) is 3. The lowest BCUT2D eigenvalue weighted by atomic mass is 9.87. The molecular formula is C30H43N7O7. The molecule has 0 bridgehead atoms. The predicted octanol–water partition coefficient (Wildman–Crippen LogP) is 1.73. The van der Waals surface area contributed by atoms with Crippen molar-refractivity contribution >= 4 is 29.2 Å². The number of rotatable bonds is 11. The fourth-order valence-electron chi connectivity index (χ4n) is 5.62. The van der Waals surface area contributed by atoms with Crippen LogP contribution in [0.3, 0.4) is 0 Å². The fourth-order valence-corrected chi connectivity index (χ4v) is 5.62. The quantitative estimate of drug-likeness (QED) is 0.243. The minimum atomic E-state index is -2.09. The molecule has 14 nitrogen and oxygen atoms in total. The summed E-state index contributed by atoms with van der Waals surface area (Å²) < 4.78 is 25.1. The monoisotopic (exact) mass is 613 g/mol. The second-order valence-electron chi connectivity index (χ2n) is 12.4. The average Bonchev–Trinajstić information content (AvgIpc) is 3.56. The van der Waals surface area contributed by atoms with Crippen molar-refractivity contribution < 1.29 is 33.3 Å². The van der Waals surface area contributed by atoms with Gasteiger partial charge in [-0.15, -0.1) is 0 Å². The highest BCUT2D eigenvalue weighted by Gasteiger charge is 2.63. The van der Waals surface area contributed by atoms with Gasteiger partial charge in [-0.3, -0.25) is 14.4 Å². The van der Waals surface area contributed by atoms with Crippen molar-refractivity contribution in [3.63, 3.8) is 0 Å². The van der Waals surface area contributed by atoms with E-state index in [1.54, 1.807) is 33.8 Å². The van der Waals surface area contributed by atoms with E-state index in [9.17, 15) is 19.6 Å². The number of nitrogens with zero attached hydrogens (tertiary/aromatic N) is 4. The van der Waals surface area contributed by atoms with E-state index in [4.69, 9.17) is 36.1 Å². The number of carbonyl (C=O) groups excluding carboxylic acids is 3. The molecule has 6 atom stereocenters. The normalized spacial score (nSPS) is 25.5. The number of esters is 3. The zero-order valence-corrected chi connectivity index (χ0v) is 25.7. The van der Waals surface area contributed by atoms with E-state index in [2.05, 4.69) is 16.2 Å². The lowest BCUT2D eigenvalue weighted by Gasteiger charge is -2.30. The summed E-state index contributed by atoms with van der Waals surface area (Å²) in [7, 11) is 0. The Morgan fingerprint density at radius 3 is 2.32 bits per heavy atom. The van der Waals surface area contributed by atoms with E-state index >= 15 is 0 Å². The highest BCUT2D eigenvalue weighted by atomic mass is 16.7. The molecule has 44 heavy (non-hydrogen) atoms. The van der Waals surface area contributed by atoms with Gasteiger partial charge in [-0.05, 0) is 42.7 Å². The standard InChI is InChI=1S/C30H43N7O7/c1-16(2)23(32)28(39)42-25-20(13-41-22(38)12-18-8-6-5-7-9-18)44-30(14-31,26(25)43-29(40)24(33)17(3)4)21-11-10-19-27(34)35-15-36-37(19)21/h10-11,15-18,20,23-26H,5-9,12-13,32-33H2,1-4H3,(H2,34,35,36)/t20-,23+,24+,25-,26-,30-/m1/s1. The van der Waals surface area contributed by atoms with Crippen LogP contribution in [-0.4, -0.2) is 69.5 Å². The van der Waals surface area contributed by atoms with Crippen molar-refractivity contribution in [2.24, 2.45) is 29.2 Å². The first-order valence-electron chi connectivity index (χ1n) is 15.1. The minimum Gasteiger partial charge on any atom is -0.463 e. The number of nitrogens with two attached hydrogens (primary N) is 3. The van der Waals surface area contributed by atoms with Gasteiger partial charge in [-0.1, -0.05) is 47.0 Å². The van der Waals surface area contributed by atoms with Gasteiger partial charge < -0.3 is 36.1 Å². The van der Waals surface area contributed by atoms with Gasteiger partial charge in [-0.25, -0.2) is 9.50 Å². The van der Waals surface area contributed by atoms with Crippen LogP contribution in [0.4, 0.5) is 5.82 Å². The summed E-state index contributed by atoms with van der Waals surface area (Å²) in [5, 5.41) is 15.0. The minimum absolute atomic E-state index is 0.130. The van der Waals surface area contributed by atoms with Crippen LogP contribution in [0.5, 0.6) is 0 Å². The Labute approximate surface area is 256 Å². The van der Waals surface area contributed by atoms with Crippen molar-refractivity contribution in [3.05, 3.63) is 24.2 Å². The SMILES string of the molecule is CC(C)[C@H](N)C(=O)O[C@H]1[C@@H](OC(=O)[C@@H](N)C(C)C)[C@@](C#N)(c2ccc3c(N)ncnn23)O[C@@H]1COC(=O)CC1CCCCC1. The maximum atomic E-state index is 13.3. The summed E-state index contributed by atoms with van der Waals surface area (Å²) in [5.41, 5.74) is 16.7. The number of nitrogen functional groups attached to an aromatic ring is 1. The topological polar surface area (TPSA) is 220 Å². The summed E-state index contributed by atoms with van der Waals surface area (Å²) in [6.07, 6.45) is 2.43. The predicted molar refractivity (Wildman–Crippen MR) is 157 cm³/mol. The van der Waals surface area contributed by atoms with Gasteiger partial charge in [0.05, 0.1) is 5.69 Å². The van der Waals surface area contributed by atoms with E-state index in [-0.39, 0.29) is 42.3 Å². The number of hydrogen-bond acceptors (Lipinski definition) is 13. The van der Waals surface area contributed by atoms with Crippen LogP contribution in [0.1, 0.15) is 71.9 Å². The van der Waals surface area contributed by atoms with Crippen molar-refractivity contribution in [2.75, 3.05) is 12.3 Å². The Morgan fingerprint density at radius 2 is 1.70 bits per heavy atom. The van der Waals surface area contributed by atoms with Gasteiger partial charge in [0.15, 0.2) is 18.0 Å². The van der Waals surface area contributed by atoms with Gasteiger partial charge in [0.2, 0.25) is 5.60 Å². The van der Waals surface area contributed by atoms with Gasteiger partial charge >= 0.3 is 17.9 Å². The molecule has 1 saturated carbocycles. The molecule has 4 rings (SSSR count). The first kappa shape index (κ1) is 33.1. The Kier molecular flexibility index (Phi) is 10.4. The van der Waals surface area contributed by atoms with Crippen LogP contribution in [0.25, 0.3) is 5.52 Å². The molecule has 240 valence electrons. The van der Waals surface area contributed by atoms with Crippen LogP contribution in [0.15, 0.2) is 18.5 Å². The zero-order chi connectivity index (χ0) is 32.2. The number of carbonyl (C=O) groups is 3. The summed E-state index contributed by atoms with van der Waals surface area (Å²) in [6, 6.07) is 3.15. The van der Waals surface area contributed by atoms with Crippen LogP contribution in [0.2, 0.25) is 0 Å². The molecule has 0 amide bonds. The van der Waals surface area contributed by atoms with E-state index < -0.39 is 53.9 Å². The summed E-state index contributed by atoms with van der Waals surface area (Å²) in [4.78, 5) is 43.4. The maximum absolute atomic E-state index is 13.3. The summed E-state index contributed by atoms with van der Waals surface area (Å²) >= 11 is 0. The Balaban J connectivity index is 1.75. The second-order valence-corrected chi connectivity index (χ2v) is 12.4. The molecule has 2 fully saturated rings. The molecule has 0 spiro atoms. The smallest absolute Gasteiger partial charge is 0.323 e. The first-order chi connectivity index (χ1) is 20.9. The molecular weight excluding hydrogens is 570 g/mol. The lowest BCUT2D eigenvalue weighted by Crippen LogP contribution is -2.51. The Morgan fingerprint density at radius 1 is 1.07 bits per heavy atom. The van der Waals surface area contributed by atoms with Crippen molar-refractivity contribution in [1.82, 2.24) is 14.6 Å². The number of ether oxygens (including phenoxy) is 4. The van der Waals surface area contributed by atoms with Crippen LogP contribution >= 0.6 is 0 Å². The molecule has 1 saturated heterocycles. The van der Waals surface area contributed by atoms with Crippen molar-refractivity contribution in [3.8, 4) is 6.07 Å². The van der Waals surface area contributed by atoms with Crippen LogP contribution in [-0.2, 0) is 38.9 Å². The number of aromatic nitrogens is 3. The fraction of sp³-hybridized carbons (Fsp3) is 0.667. The van der Waals surface area contributed by atoms with Gasteiger partial charge in [-0.2, -0.15) is 10.4 Å². The number of nitriles is 1. The molecule has 1 aliphatic heterocycles. The summed E-state index contributed by atoms with van der Waals surface area (Å²) in [5.74, 6) is -2.33. The molecule has 0 unspecified atom stereocenters. The van der Waals surface area contributed by atoms with Gasteiger partial charge in [0.25, 0.3) is 0 Å². The van der Waals surface area contributed by atoms with E-state index in [1.807, 2.05) is 0 Å². The molecule has 0 radical (unpaired) electrons. The highest BCUT2D eigenvalue weighted by Crippen LogP contribution is 2.44.